The first kappa shape index (κ1) is 15.7. The Morgan fingerprint density at radius 3 is 2.96 bits per heavy atom. The second-order valence-electron chi connectivity index (χ2n) is 6.86. The van der Waals surface area contributed by atoms with Crippen LogP contribution in [0.2, 0.25) is 0 Å². The maximum Gasteiger partial charge on any atom is 0.144 e. The molecule has 0 amide bonds. The average molecular weight is 351 g/mol. The molecule has 0 N–H and O–H groups in total. The van der Waals surface area contributed by atoms with Gasteiger partial charge in [-0.2, -0.15) is 0 Å². The molecule has 0 bridgehead atoms. The van der Waals surface area contributed by atoms with Crippen molar-refractivity contribution < 1.29 is 9.26 Å². The van der Waals surface area contributed by atoms with Gasteiger partial charge in [-0.25, -0.2) is 9.97 Å². The van der Waals surface area contributed by atoms with Crippen LogP contribution in [0.1, 0.15) is 17.0 Å². The van der Waals surface area contributed by atoms with Crippen molar-refractivity contribution in [2.45, 2.75) is 19.6 Å². The van der Waals surface area contributed by atoms with Crippen molar-refractivity contribution in [1.82, 2.24) is 20.0 Å². The molecule has 7 nitrogen and oxygen atoms in total. The quantitative estimate of drug-likeness (QED) is 0.715. The Morgan fingerprint density at radius 2 is 2.04 bits per heavy atom. The van der Waals surface area contributed by atoms with Crippen molar-refractivity contribution in [1.29, 1.82) is 0 Å². The van der Waals surface area contributed by atoms with Gasteiger partial charge in [0.15, 0.2) is 0 Å². The van der Waals surface area contributed by atoms with Gasteiger partial charge in [0, 0.05) is 62.0 Å². The van der Waals surface area contributed by atoms with Gasteiger partial charge in [0.25, 0.3) is 0 Å². The van der Waals surface area contributed by atoms with E-state index in [1.807, 2.05) is 6.20 Å². The molecule has 0 saturated carbocycles. The monoisotopic (exact) mass is 351 g/mol. The molecule has 2 aliphatic heterocycles. The lowest BCUT2D eigenvalue weighted by Crippen LogP contribution is -2.46. The summed E-state index contributed by atoms with van der Waals surface area (Å²) in [4.78, 5) is 13.3. The molecule has 2 aliphatic rings. The van der Waals surface area contributed by atoms with Gasteiger partial charge in [0.1, 0.15) is 17.8 Å². The fraction of sp³-hybridized carbons (Fsp3) is 0.421. The number of ether oxygens (including phenoxy) is 1. The number of piperazine rings is 1. The van der Waals surface area contributed by atoms with Gasteiger partial charge in [-0.05, 0) is 18.2 Å². The molecule has 0 atom stereocenters. The van der Waals surface area contributed by atoms with E-state index in [0.29, 0.717) is 6.61 Å². The molecular weight excluding hydrogens is 330 g/mol. The second kappa shape index (κ2) is 6.66. The predicted octanol–water partition coefficient (Wildman–Crippen LogP) is 2.01. The van der Waals surface area contributed by atoms with Gasteiger partial charge < -0.3 is 14.2 Å². The van der Waals surface area contributed by atoms with Gasteiger partial charge in [-0.15, -0.1) is 0 Å². The van der Waals surface area contributed by atoms with Gasteiger partial charge in [-0.3, -0.25) is 4.90 Å². The highest BCUT2D eigenvalue weighted by Gasteiger charge is 2.23. The lowest BCUT2D eigenvalue weighted by Gasteiger charge is -2.36. The van der Waals surface area contributed by atoms with E-state index in [4.69, 9.17) is 9.26 Å². The Morgan fingerprint density at radius 1 is 1.12 bits per heavy atom. The predicted molar refractivity (Wildman–Crippen MR) is 96.9 cm³/mol. The third-order valence-corrected chi connectivity index (χ3v) is 5.27. The summed E-state index contributed by atoms with van der Waals surface area (Å²) in [7, 11) is 0. The molecule has 0 unspecified atom stereocenters. The van der Waals surface area contributed by atoms with Gasteiger partial charge >= 0.3 is 0 Å². The minimum Gasteiger partial charge on any atom is -0.376 e. The van der Waals surface area contributed by atoms with Crippen LogP contribution in [-0.4, -0.2) is 52.8 Å². The van der Waals surface area contributed by atoms with Gasteiger partial charge in [0.05, 0.1) is 18.7 Å². The van der Waals surface area contributed by atoms with Crippen LogP contribution in [0, 0.1) is 0 Å². The smallest absolute Gasteiger partial charge is 0.144 e. The van der Waals surface area contributed by atoms with E-state index in [0.717, 1.165) is 73.7 Å². The largest absolute Gasteiger partial charge is 0.376 e. The molecule has 1 fully saturated rings. The van der Waals surface area contributed by atoms with Crippen molar-refractivity contribution >= 4 is 16.6 Å². The summed E-state index contributed by atoms with van der Waals surface area (Å²) in [5.41, 5.74) is 4.42. The highest BCUT2D eigenvalue weighted by molar-refractivity contribution is 5.81. The van der Waals surface area contributed by atoms with E-state index < -0.39 is 0 Å². The fourth-order valence-corrected chi connectivity index (χ4v) is 3.75. The number of nitrogens with zero attached hydrogens (tertiary/aromatic N) is 5. The summed E-state index contributed by atoms with van der Waals surface area (Å²) in [6.07, 6.45) is 4.30. The third kappa shape index (κ3) is 2.93. The number of anilines is 1. The van der Waals surface area contributed by atoms with Crippen LogP contribution in [0.25, 0.3) is 10.9 Å². The lowest BCUT2D eigenvalue weighted by molar-refractivity contribution is 0.102. The molecule has 0 aliphatic carbocycles. The fourth-order valence-electron chi connectivity index (χ4n) is 3.75. The minimum atomic E-state index is 0.632. The summed E-state index contributed by atoms with van der Waals surface area (Å²) in [5.74, 6) is 1.00. The van der Waals surface area contributed by atoms with Crippen LogP contribution >= 0.6 is 0 Å². The van der Waals surface area contributed by atoms with Crippen molar-refractivity contribution in [3.8, 4) is 0 Å². The average Bonchev–Trinajstić information content (AvgIpc) is 3.11. The first-order valence-corrected chi connectivity index (χ1v) is 9.08. The topological polar surface area (TPSA) is 67.5 Å². The Labute approximate surface area is 151 Å². The zero-order chi connectivity index (χ0) is 17.3. The number of hydrogen-bond acceptors (Lipinski definition) is 7. The maximum atomic E-state index is 5.56. The number of hydrogen-bond donors (Lipinski definition) is 0. The first-order chi connectivity index (χ1) is 12.9. The number of benzene rings is 1. The van der Waals surface area contributed by atoms with Crippen LogP contribution in [0.4, 0.5) is 5.69 Å². The highest BCUT2D eigenvalue weighted by atomic mass is 16.5. The van der Waals surface area contributed by atoms with Crippen LogP contribution in [0.3, 0.4) is 0 Å². The van der Waals surface area contributed by atoms with E-state index in [1.165, 1.54) is 5.69 Å². The third-order valence-electron chi connectivity index (χ3n) is 5.27. The maximum absolute atomic E-state index is 5.56. The first-order valence-electron chi connectivity index (χ1n) is 9.08. The Hall–Kier alpha value is -2.51. The van der Waals surface area contributed by atoms with E-state index >= 15 is 0 Å². The summed E-state index contributed by atoms with van der Waals surface area (Å²) in [5, 5.41) is 5.36. The standard InChI is InChI=1S/C19H21N5O2/c1-2-17-14(10-20-13-21-17)9-15(1)24-6-4-23(5-7-24)11-18-16-12-25-8-3-19(16)26-22-18/h1-2,9-10,13H,3-8,11-12H2. The molecule has 0 spiro atoms. The van der Waals surface area contributed by atoms with E-state index in [-0.39, 0.29) is 0 Å². The van der Waals surface area contributed by atoms with E-state index in [1.54, 1.807) is 6.33 Å². The van der Waals surface area contributed by atoms with Crippen LogP contribution in [0.15, 0.2) is 35.2 Å². The number of aromatic nitrogens is 3. The second-order valence-corrected chi connectivity index (χ2v) is 6.86. The van der Waals surface area contributed by atoms with Crippen LogP contribution < -0.4 is 4.90 Å². The van der Waals surface area contributed by atoms with Crippen molar-refractivity contribution in [3.05, 3.63) is 47.7 Å². The molecule has 1 aromatic carbocycles. The molecule has 3 aromatic rings. The molecule has 1 saturated heterocycles. The summed E-state index contributed by atoms with van der Waals surface area (Å²) >= 11 is 0. The Kier molecular flexibility index (Phi) is 4.03. The van der Waals surface area contributed by atoms with Crippen molar-refractivity contribution in [2.75, 3.05) is 37.7 Å². The molecule has 2 aromatic heterocycles. The van der Waals surface area contributed by atoms with Crippen molar-refractivity contribution in [2.24, 2.45) is 0 Å². The minimum absolute atomic E-state index is 0.632. The Balaban J connectivity index is 1.25. The van der Waals surface area contributed by atoms with Crippen LogP contribution in [0.5, 0.6) is 0 Å². The van der Waals surface area contributed by atoms with Crippen molar-refractivity contribution in [3.63, 3.8) is 0 Å². The molecule has 4 heterocycles. The zero-order valence-electron chi connectivity index (χ0n) is 14.6. The summed E-state index contributed by atoms with van der Waals surface area (Å²) in [6, 6.07) is 6.40. The molecule has 7 heteroatoms. The molecule has 26 heavy (non-hydrogen) atoms. The van der Waals surface area contributed by atoms with E-state index in [9.17, 15) is 0 Å². The van der Waals surface area contributed by atoms with Gasteiger partial charge in [0.2, 0.25) is 0 Å². The highest BCUT2D eigenvalue weighted by Crippen LogP contribution is 2.24. The number of rotatable bonds is 3. The molecule has 0 radical (unpaired) electrons. The summed E-state index contributed by atoms with van der Waals surface area (Å²) in [6.45, 7) is 6.20. The molecular formula is C19H21N5O2. The SMILES string of the molecule is c1ncc2cc(N3CCN(Cc4noc5c4COCC5)CC3)ccc2n1. The van der Waals surface area contributed by atoms with Crippen LogP contribution in [-0.2, 0) is 24.3 Å². The van der Waals surface area contributed by atoms with E-state index in [2.05, 4.69) is 43.1 Å². The summed E-state index contributed by atoms with van der Waals surface area (Å²) < 4.78 is 11.0. The molecule has 134 valence electrons. The number of fused-ring (bicyclic) bond motifs is 2. The zero-order valence-corrected chi connectivity index (χ0v) is 14.6. The van der Waals surface area contributed by atoms with Gasteiger partial charge in [-0.1, -0.05) is 5.16 Å². The molecule has 5 rings (SSSR count). The lowest BCUT2D eigenvalue weighted by atomic mass is 10.1. The normalized spacial score (nSPS) is 18.2. The Bertz CT molecular complexity index is 917.